The molecule has 2 aromatic heterocycles. The number of likely N-dealkylation sites (tertiary alicyclic amines) is 1. The van der Waals surface area contributed by atoms with Gasteiger partial charge in [-0.3, -0.25) is 9.59 Å². The number of ketones is 2. The van der Waals surface area contributed by atoms with E-state index in [-0.39, 0.29) is 75.6 Å². The van der Waals surface area contributed by atoms with Gasteiger partial charge in [0.05, 0.1) is 36.9 Å². The third kappa shape index (κ3) is 13.3. The SMILES string of the molecule is COc1ccc(F)c(F)c1C(=O)c1cnc(NC2CCN(S(=O)(=O)CCCCl)CC2)nc1N.COc1ccc(F)c(F)c1C(=O)c1cnc(NC2CCN(S(=O)(=O)CCCN3CCCC3)CC2)nc1N. The summed E-state index contributed by atoms with van der Waals surface area (Å²) in [6.07, 6.45) is 7.83. The first-order valence-electron chi connectivity index (χ1n) is 22.5. The van der Waals surface area contributed by atoms with Crippen molar-refractivity contribution in [3.63, 3.8) is 0 Å². The van der Waals surface area contributed by atoms with Gasteiger partial charge in [-0.25, -0.2) is 53.0 Å². The molecule has 7 rings (SSSR count). The lowest BCUT2D eigenvalue weighted by molar-refractivity contribution is 0.102. The molecule has 26 heteroatoms. The lowest BCUT2D eigenvalue weighted by Gasteiger charge is -2.31. The van der Waals surface area contributed by atoms with Crippen LogP contribution >= 0.6 is 11.6 Å². The van der Waals surface area contributed by atoms with E-state index in [1.165, 1.54) is 35.7 Å². The van der Waals surface area contributed by atoms with Crippen LogP contribution in [0.25, 0.3) is 0 Å². The summed E-state index contributed by atoms with van der Waals surface area (Å²) in [7, 11) is -4.18. The van der Waals surface area contributed by atoms with Crippen LogP contribution in [0.2, 0.25) is 0 Å². The first kappa shape index (κ1) is 53.9. The quantitative estimate of drug-likeness (QED) is 0.0565. The van der Waals surface area contributed by atoms with Crippen LogP contribution in [0, 0.1) is 23.3 Å². The Bertz CT molecular complexity index is 2730. The molecule has 3 aliphatic rings. The maximum absolute atomic E-state index is 14.3. The molecule has 5 heterocycles. The number of carbonyl (C=O) groups is 2. The number of hydrogen-bond acceptors (Lipinski definition) is 17. The summed E-state index contributed by atoms with van der Waals surface area (Å²) in [4.78, 5) is 44.3. The van der Waals surface area contributed by atoms with E-state index in [1.54, 1.807) is 0 Å². The normalized spacial score (nSPS) is 16.6. The highest BCUT2D eigenvalue weighted by atomic mass is 35.5. The molecule has 3 aliphatic heterocycles. The van der Waals surface area contributed by atoms with E-state index < -0.39 is 66.0 Å². The first-order chi connectivity index (χ1) is 33.4. The van der Waals surface area contributed by atoms with Gasteiger partial charge in [0.1, 0.15) is 34.3 Å². The van der Waals surface area contributed by atoms with Gasteiger partial charge in [-0.2, -0.15) is 9.97 Å². The van der Waals surface area contributed by atoms with Gasteiger partial charge in [0.15, 0.2) is 23.3 Å². The molecule has 0 radical (unpaired) electrons. The molecule has 0 aliphatic carbocycles. The van der Waals surface area contributed by atoms with Gasteiger partial charge in [-0.1, -0.05) is 0 Å². The van der Waals surface area contributed by atoms with Crippen molar-refractivity contribution in [1.82, 2.24) is 33.4 Å². The Morgan fingerprint density at radius 3 is 1.44 bits per heavy atom. The van der Waals surface area contributed by atoms with Gasteiger partial charge >= 0.3 is 0 Å². The number of alkyl halides is 1. The molecule has 382 valence electrons. The predicted octanol–water partition coefficient (Wildman–Crippen LogP) is 4.68. The second-order valence-electron chi connectivity index (χ2n) is 16.7. The van der Waals surface area contributed by atoms with Crippen molar-refractivity contribution in [2.24, 2.45) is 0 Å². The molecule has 3 saturated heterocycles. The van der Waals surface area contributed by atoms with Crippen molar-refractivity contribution in [2.45, 2.75) is 63.5 Å². The van der Waals surface area contributed by atoms with Crippen LogP contribution in [0.15, 0.2) is 36.7 Å². The number of ether oxygens (including phenoxy) is 2. The van der Waals surface area contributed by atoms with Crippen molar-refractivity contribution >= 4 is 66.7 Å². The maximum Gasteiger partial charge on any atom is 0.224 e. The highest BCUT2D eigenvalue weighted by Crippen LogP contribution is 2.30. The van der Waals surface area contributed by atoms with Crippen LogP contribution in [0.3, 0.4) is 0 Å². The summed E-state index contributed by atoms with van der Waals surface area (Å²) in [6.45, 7) is 4.36. The molecule has 0 saturated carbocycles. The smallest absolute Gasteiger partial charge is 0.224 e. The predicted molar refractivity (Wildman–Crippen MR) is 255 cm³/mol. The Balaban J connectivity index is 0.000000231. The lowest BCUT2D eigenvalue weighted by atomic mass is 10.0. The second-order valence-corrected chi connectivity index (χ2v) is 21.3. The Hall–Kier alpha value is -5.47. The summed E-state index contributed by atoms with van der Waals surface area (Å²) in [5, 5.41) is 6.19. The third-order valence-corrected chi connectivity index (χ3v) is 16.3. The van der Waals surface area contributed by atoms with Crippen LogP contribution in [-0.2, 0) is 20.0 Å². The number of nitrogens with one attached hydrogen (secondary N) is 2. The number of benzene rings is 2. The molecule has 0 atom stereocenters. The van der Waals surface area contributed by atoms with E-state index in [0.717, 1.165) is 56.3 Å². The number of hydrogen-bond donors (Lipinski definition) is 4. The van der Waals surface area contributed by atoms with E-state index in [4.69, 9.17) is 32.5 Å². The fraction of sp³-hybridized carbons (Fsp3) is 0.500. The van der Waals surface area contributed by atoms with E-state index >= 15 is 0 Å². The van der Waals surface area contributed by atoms with Crippen LogP contribution in [0.1, 0.15) is 83.2 Å². The monoisotopic (exact) mass is 1040 g/mol. The van der Waals surface area contributed by atoms with E-state index in [9.17, 15) is 44.0 Å². The zero-order chi connectivity index (χ0) is 50.8. The fourth-order valence-electron chi connectivity index (χ4n) is 8.27. The standard InChI is InChI=1S/C24H32F2N6O4S.C20H24ClF2N5O4S/c1-36-19-6-5-18(25)21(26)20(19)22(33)17-15-28-24(30-23(17)27)29-16-7-12-32(13-8-16)37(34,35)14-4-11-31-9-2-3-10-31;1-32-15-4-3-14(22)17(23)16(15)18(29)13-11-25-20(27-19(13)24)26-12-5-8-28(9-6-12)33(30,31)10-2-7-21/h5-6,15-16H,2-4,7-14H2,1H3,(H3,27,28,29,30);3-4,11-12H,2,5-10H2,1H3,(H3,24,25,26,27). The van der Waals surface area contributed by atoms with Gasteiger partial charge in [0.25, 0.3) is 0 Å². The minimum absolute atomic E-state index is 0.0143. The summed E-state index contributed by atoms with van der Waals surface area (Å²) >= 11 is 5.59. The molecule has 0 amide bonds. The third-order valence-electron chi connectivity index (χ3n) is 12.1. The molecular weight excluding hydrogens is 986 g/mol. The first-order valence-corrected chi connectivity index (χ1v) is 26.3. The van der Waals surface area contributed by atoms with Crippen molar-refractivity contribution in [2.75, 3.05) is 99.5 Å². The maximum atomic E-state index is 14.3. The van der Waals surface area contributed by atoms with Crippen molar-refractivity contribution in [3.8, 4) is 11.5 Å². The highest BCUT2D eigenvalue weighted by molar-refractivity contribution is 7.89. The number of aromatic nitrogens is 4. The summed E-state index contributed by atoms with van der Waals surface area (Å²) in [6, 6.07) is 3.82. The number of nitrogens with two attached hydrogens (primary N) is 2. The zero-order valence-electron chi connectivity index (χ0n) is 38.6. The number of nitrogen functional groups attached to an aromatic ring is 2. The molecule has 0 spiro atoms. The average Bonchev–Trinajstić information content (AvgIpc) is 3.86. The Morgan fingerprint density at radius 2 is 1.07 bits per heavy atom. The molecule has 2 aromatic carbocycles. The van der Waals surface area contributed by atoms with Gasteiger partial charge < -0.3 is 36.5 Å². The van der Waals surface area contributed by atoms with E-state index in [2.05, 4.69) is 35.5 Å². The van der Waals surface area contributed by atoms with E-state index in [0.29, 0.717) is 64.7 Å². The Morgan fingerprint density at radius 1 is 0.671 bits per heavy atom. The summed E-state index contributed by atoms with van der Waals surface area (Å²) in [5.74, 6) is -6.86. The number of rotatable bonds is 19. The van der Waals surface area contributed by atoms with Gasteiger partial charge in [0.2, 0.25) is 43.5 Å². The van der Waals surface area contributed by atoms with Crippen LogP contribution in [0.4, 0.5) is 41.1 Å². The number of halogens is 5. The second kappa shape index (κ2) is 24.1. The van der Waals surface area contributed by atoms with E-state index in [1.807, 2.05) is 0 Å². The molecule has 6 N–H and O–H groups in total. The number of methoxy groups -OCH3 is 2. The van der Waals surface area contributed by atoms with Crippen LogP contribution < -0.4 is 31.6 Å². The zero-order valence-corrected chi connectivity index (χ0v) is 41.0. The molecule has 3 fully saturated rings. The highest BCUT2D eigenvalue weighted by Gasteiger charge is 2.31. The largest absolute Gasteiger partial charge is 0.496 e. The molecule has 0 unspecified atom stereocenters. The van der Waals surface area contributed by atoms with Gasteiger partial charge in [-0.15, -0.1) is 11.6 Å². The van der Waals surface area contributed by atoms with Crippen molar-refractivity contribution in [1.29, 1.82) is 0 Å². The van der Waals surface area contributed by atoms with Gasteiger partial charge in [0, 0.05) is 56.5 Å². The number of nitrogens with zero attached hydrogens (tertiary/aromatic N) is 7. The minimum Gasteiger partial charge on any atom is -0.496 e. The summed E-state index contributed by atoms with van der Waals surface area (Å²) < 4.78 is 119. The lowest BCUT2D eigenvalue weighted by Crippen LogP contribution is -2.43. The Kier molecular flexibility index (Phi) is 18.5. The van der Waals surface area contributed by atoms with Crippen molar-refractivity contribution in [3.05, 3.63) is 82.2 Å². The molecule has 19 nitrogen and oxygen atoms in total. The molecule has 4 aromatic rings. The van der Waals surface area contributed by atoms with Gasteiger partial charge in [-0.05, 0) is 95.3 Å². The number of piperidine rings is 2. The number of anilines is 4. The molecule has 70 heavy (non-hydrogen) atoms. The molecule has 0 bridgehead atoms. The minimum atomic E-state index is -3.34. The van der Waals surface area contributed by atoms with Crippen LogP contribution in [-0.4, -0.2) is 151 Å². The fourth-order valence-corrected chi connectivity index (χ4v) is 11.6. The van der Waals surface area contributed by atoms with Crippen LogP contribution in [0.5, 0.6) is 11.5 Å². The van der Waals surface area contributed by atoms with Crippen molar-refractivity contribution < 1.29 is 53.5 Å². The average molecular weight is 1040 g/mol. The topological polar surface area (TPSA) is 258 Å². The number of sulfonamides is 2. The Labute approximate surface area is 408 Å². The number of carbonyl (C=O) groups excluding carboxylic acids is 2. The summed E-state index contributed by atoms with van der Waals surface area (Å²) in [5.41, 5.74) is 10.3. The molecular formula is C44H56ClF4N11O8S2.